The predicted molar refractivity (Wildman–Crippen MR) is 184 cm³/mol. The second-order valence-electron chi connectivity index (χ2n) is 13.7. The number of aliphatic hydroxyl groups excluding tert-OH is 2. The van der Waals surface area contributed by atoms with Crippen LogP contribution >= 0.6 is 0 Å². The maximum absolute atomic E-state index is 10.1. The summed E-state index contributed by atoms with van der Waals surface area (Å²) in [6.45, 7) is 21.6. The Balaban J connectivity index is 1.90. The zero-order valence-electron chi connectivity index (χ0n) is 27.9. The van der Waals surface area contributed by atoms with Crippen LogP contribution in [0, 0.1) is 16.7 Å². The second kappa shape index (κ2) is 16.1. The minimum Gasteiger partial charge on any atom is -0.393 e. The Kier molecular flexibility index (Phi) is 13.5. The molecule has 2 heteroatoms. The zero-order valence-corrected chi connectivity index (χ0v) is 27.9. The van der Waals surface area contributed by atoms with Crippen molar-refractivity contribution in [2.45, 2.75) is 101 Å². The molecule has 0 spiro atoms. The Morgan fingerprint density at radius 3 is 1.74 bits per heavy atom. The molecule has 0 aromatic heterocycles. The summed E-state index contributed by atoms with van der Waals surface area (Å²) in [6.07, 6.45) is 33.8. The lowest BCUT2D eigenvalue weighted by Gasteiger charge is -2.38. The van der Waals surface area contributed by atoms with Crippen LogP contribution in [0.5, 0.6) is 0 Å². The summed E-state index contributed by atoms with van der Waals surface area (Å²) >= 11 is 0. The van der Waals surface area contributed by atoms with Crippen molar-refractivity contribution in [3.8, 4) is 0 Å². The van der Waals surface area contributed by atoms with Crippen molar-refractivity contribution in [2.24, 2.45) is 16.7 Å². The topological polar surface area (TPSA) is 40.5 Å². The highest BCUT2D eigenvalue weighted by atomic mass is 16.3. The molecule has 2 N–H and O–H groups in total. The number of hydrogen-bond donors (Lipinski definition) is 2. The molecule has 3 atom stereocenters. The highest BCUT2D eigenvalue weighted by Gasteiger charge is 2.34. The minimum absolute atomic E-state index is 0.00528. The predicted octanol–water partition coefficient (Wildman–Crippen LogP) is 10.4. The fourth-order valence-electron chi connectivity index (χ4n) is 6.14. The van der Waals surface area contributed by atoms with Crippen molar-refractivity contribution < 1.29 is 10.2 Å². The first-order chi connectivity index (χ1) is 19.6. The first kappa shape index (κ1) is 35.3. The first-order valence-corrected chi connectivity index (χ1v) is 15.4. The van der Waals surface area contributed by atoms with Gasteiger partial charge in [-0.1, -0.05) is 152 Å². The van der Waals surface area contributed by atoms with Crippen molar-refractivity contribution in [3.63, 3.8) is 0 Å². The van der Waals surface area contributed by atoms with Crippen LogP contribution in [0.3, 0.4) is 0 Å². The van der Waals surface area contributed by atoms with Gasteiger partial charge in [-0.05, 0) is 77.2 Å². The third-order valence-electron chi connectivity index (χ3n) is 8.33. The van der Waals surface area contributed by atoms with Crippen molar-refractivity contribution in [2.75, 3.05) is 0 Å². The fourth-order valence-corrected chi connectivity index (χ4v) is 6.14. The number of aliphatic hydroxyl groups is 2. The quantitative estimate of drug-likeness (QED) is 0.203. The summed E-state index contributed by atoms with van der Waals surface area (Å²) in [7, 11) is 0. The molecule has 228 valence electrons. The normalized spacial score (nSPS) is 26.6. The molecule has 2 aliphatic rings. The van der Waals surface area contributed by atoms with Crippen molar-refractivity contribution in [3.05, 3.63) is 130 Å². The molecule has 0 aromatic carbocycles. The maximum Gasteiger partial charge on any atom is 0.0729 e. The zero-order chi connectivity index (χ0) is 31.5. The Bertz CT molecular complexity index is 1270. The molecule has 0 bridgehead atoms. The van der Waals surface area contributed by atoms with Crippen LogP contribution in [0.15, 0.2) is 130 Å². The minimum atomic E-state index is -0.331. The maximum atomic E-state index is 10.1. The van der Waals surface area contributed by atoms with Gasteiger partial charge in [-0.3, -0.25) is 0 Å². The van der Waals surface area contributed by atoms with E-state index in [9.17, 15) is 10.2 Å². The molecule has 0 aliphatic heterocycles. The Morgan fingerprint density at radius 2 is 1.21 bits per heavy atom. The van der Waals surface area contributed by atoms with Crippen LogP contribution < -0.4 is 0 Å². The van der Waals surface area contributed by atoms with E-state index in [1.54, 1.807) is 0 Å². The molecule has 2 nitrogen and oxygen atoms in total. The summed E-state index contributed by atoms with van der Waals surface area (Å²) in [4.78, 5) is 0. The second-order valence-corrected chi connectivity index (χ2v) is 13.7. The van der Waals surface area contributed by atoms with Gasteiger partial charge in [0.15, 0.2) is 0 Å². The summed E-state index contributed by atoms with van der Waals surface area (Å²) in [5.41, 5.74) is 8.73. The van der Waals surface area contributed by atoms with E-state index in [1.165, 1.54) is 39.0 Å². The average Bonchev–Trinajstić information content (AvgIpc) is 2.84. The van der Waals surface area contributed by atoms with Gasteiger partial charge >= 0.3 is 0 Å². The van der Waals surface area contributed by atoms with Gasteiger partial charge in [0, 0.05) is 5.92 Å². The molecule has 2 aliphatic carbocycles. The summed E-state index contributed by atoms with van der Waals surface area (Å²) in [5.74, 6) is 0.348. The molecule has 2 rings (SSSR count). The van der Waals surface area contributed by atoms with Gasteiger partial charge in [0.2, 0.25) is 0 Å². The Hall–Kier alpha value is -2.94. The lowest BCUT2D eigenvalue weighted by Crippen LogP contribution is -2.32. The summed E-state index contributed by atoms with van der Waals surface area (Å²) < 4.78 is 0. The van der Waals surface area contributed by atoms with Crippen LogP contribution in [0.25, 0.3) is 0 Å². The van der Waals surface area contributed by atoms with Gasteiger partial charge in [-0.15, -0.1) is 0 Å². The third-order valence-corrected chi connectivity index (χ3v) is 8.33. The summed E-state index contributed by atoms with van der Waals surface area (Å²) in [6, 6.07) is 0. The van der Waals surface area contributed by atoms with Gasteiger partial charge in [-0.25, -0.2) is 0 Å². The SMILES string of the molecule is CC(C=CC=C(C)C=CC1=C(C)C[C@@H](O)CC1(C)C)=CC=CC=C(C)C=CC=C(C)C=C[C@H]1C(C)=C[C@H](O)CC1(C)C. The molecule has 0 amide bonds. The third kappa shape index (κ3) is 11.7. The number of rotatable bonds is 10. The van der Waals surface area contributed by atoms with E-state index in [-0.39, 0.29) is 23.0 Å². The fraction of sp³-hybridized carbons (Fsp3) is 0.450. The molecule has 0 heterocycles. The number of allylic oxidation sites excluding steroid dienone is 20. The van der Waals surface area contributed by atoms with Gasteiger partial charge in [0.05, 0.1) is 12.2 Å². The van der Waals surface area contributed by atoms with E-state index in [0.29, 0.717) is 5.92 Å². The average molecular weight is 569 g/mol. The molecule has 42 heavy (non-hydrogen) atoms. The first-order valence-electron chi connectivity index (χ1n) is 15.4. The largest absolute Gasteiger partial charge is 0.393 e. The molecule has 0 aromatic rings. The molecule has 0 saturated heterocycles. The molecule has 0 unspecified atom stereocenters. The van der Waals surface area contributed by atoms with Gasteiger partial charge < -0.3 is 10.2 Å². The molecule has 0 radical (unpaired) electrons. The standard InChI is InChI=1S/C40H56O2/c1-29(17-13-19-31(3)21-23-37-33(5)25-35(41)27-39(37,7)8)15-11-12-16-30(2)18-14-20-32(4)22-24-38-34(6)26-36(42)28-40(38,9)10/h11-25,35-37,41-42H,26-28H2,1-10H3/t35-,36+,37-/m0/s1. The van der Waals surface area contributed by atoms with Crippen LogP contribution in [0.2, 0.25) is 0 Å². The number of hydrogen-bond acceptors (Lipinski definition) is 2. The lowest BCUT2D eigenvalue weighted by atomic mass is 9.67. The Labute approximate surface area is 257 Å². The molecule has 0 fully saturated rings. The summed E-state index contributed by atoms with van der Waals surface area (Å²) in [5, 5.41) is 20.2. The van der Waals surface area contributed by atoms with Crippen LogP contribution in [-0.2, 0) is 0 Å². The lowest BCUT2D eigenvalue weighted by molar-refractivity contribution is 0.116. The monoisotopic (exact) mass is 568 g/mol. The van der Waals surface area contributed by atoms with E-state index in [0.717, 1.165) is 19.3 Å². The van der Waals surface area contributed by atoms with E-state index in [4.69, 9.17) is 0 Å². The van der Waals surface area contributed by atoms with E-state index >= 15 is 0 Å². The van der Waals surface area contributed by atoms with Crippen LogP contribution in [0.1, 0.15) is 88.5 Å². The highest BCUT2D eigenvalue weighted by molar-refractivity contribution is 5.38. The molecular weight excluding hydrogens is 512 g/mol. The Morgan fingerprint density at radius 1 is 0.714 bits per heavy atom. The molecular formula is C40H56O2. The molecule has 0 saturated carbocycles. The van der Waals surface area contributed by atoms with Crippen LogP contribution in [-0.4, -0.2) is 22.4 Å². The van der Waals surface area contributed by atoms with E-state index in [2.05, 4.69) is 154 Å². The van der Waals surface area contributed by atoms with Crippen molar-refractivity contribution >= 4 is 0 Å². The van der Waals surface area contributed by atoms with Gasteiger partial charge in [0.25, 0.3) is 0 Å². The van der Waals surface area contributed by atoms with Crippen LogP contribution in [0.4, 0.5) is 0 Å². The van der Waals surface area contributed by atoms with Crippen molar-refractivity contribution in [1.29, 1.82) is 0 Å². The van der Waals surface area contributed by atoms with Gasteiger partial charge in [-0.2, -0.15) is 0 Å². The smallest absolute Gasteiger partial charge is 0.0729 e. The van der Waals surface area contributed by atoms with E-state index in [1.807, 2.05) is 6.08 Å². The van der Waals surface area contributed by atoms with Gasteiger partial charge in [0.1, 0.15) is 0 Å². The van der Waals surface area contributed by atoms with Crippen molar-refractivity contribution in [1.82, 2.24) is 0 Å². The van der Waals surface area contributed by atoms with E-state index < -0.39 is 0 Å². The highest BCUT2D eigenvalue weighted by Crippen LogP contribution is 2.42.